The molecular formula is C25H19ClO3S. The third-order valence-electron chi connectivity index (χ3n) is 4.66. The molecule has 30 heavy (non-hydrogen) atoms. The first-order chi connectivity index (χ1) is 14.6. The summed E-state index contributed by atoms with van der Waals surface area (Å²) >= 11 is 7.18. The lowest BCUT2D eigenvalue weighted by Gasteiger charge is -2.12. The third-order valence-corrected chi connectivity index (χ3v) is 5.91. The maximum absolute atomic E-state index is 12.3. The van der Waals surface area contributed by atoms with Crippen LogP contribution in [0.2, 0.25) is 4.34 Å². The second-order valence-electron chi connectivity index (χ2n) is 6.67. The van der Waals surface area contributed by atoms with E-state index in [2.05, 4.69) is 12.1 Å². The minimum Gasteiger partial charge on any atom is -0.496 e. The van der Waals surface area contributed by atoms with Gasteiger partial charge in [-0.15, -0.1) is 11.3 Å². The lowest BCUT2D eigenvalue weighted by Crippen LogP contribution is -1.99. The van der Waals surface area contributed by atoms with E-state index in [1.165, 1.54) is 16.7 Å². The van der Waals surface area contributed by atoms with Crippen molar-refractivity contribution in [2.45, 2.75) is 6.61 Å². The molecule has 5 heteroatoms. The number of halogens is 1. The Balaban J connectivity index is 1.50. The van der Waals surface area contributed by atoms with Crippen LogP contribution in [0.25, 0.3) is 16.8 Å². The van der Waals surface area contributed by atoms with Crippen LogP contribution in [0.4, 0.5) is 0 Å². The molecule has 3 nitrogen and oxygen atoms in total. The second kappa shape index (κ2) is 9.16. The average Bonchev–Trinajstić information content (AvgIpc) is 3.22. The van der Waals surface area contributed by atoms with Crippen molar-refractivity contribution in [3.8, 4) is 11.5 Å². The minimum absolute atomic E-state index is 0.0725. The number of carbonyl (C=O) groups is 1. The van der Waals surface area contributed by atoms with Crippen LogP contribution in [0.5, 0.6) is 11.5 Å². The molecule has 0 N–H and O–H groups in total. The zero-order valence-corrected chi connectivity index (χ0v) is 17.9. The van der Waals surface area contributed by atoms with Gasteiger partial charge in [-0.25, -0.2) is 0 Å². The monoisotopic (exact) mass is 434 g/mol. The van der Waals surface area contributed by atoms with Crippen molar-refractivity contribution in [1.82, 2.24) is 0 Å². The SMILES string of the molecule is COc1ccc(/C=C/C(=O)c2ccc(Cl)s2)cc1COc1ccc2ccccc2c1. The Morgan fingerprint density at radius 1 is 1.00 bits per heavy atom. The molecule has 0 fully saturated rings. The van der Waals surface area contributed by atoms with Gasteiger partial charge in [0.2, 0.25) is 0 Å². The molecule has 0 amide bonds. The van der Waals surface area contributed by atoms with E-state index in [0.717, 1.165) is 28.0 Å². The fourth-order valence-corrected chi connectivity index (χ4v) is 4.10. The summed E-state index contributed by atoms with van der Waals surface area (Å²) in [6, 6.07) is 23.4. The molecule has 0 saturated heterocycles. The van der Waals surface area contributed by atoms with Crippen molar-refractivity contribution >= 4 is 45.6 Å². The normalized spacial score (nSPS) is 11.1. The van der Waals surface area contributed by atoms with E-state index in [9.17, 15) is 4.79 Å². The number of hydrogen-bond acceptors (Lipinski definition) is 4. The molecule has 4 aromatic rings. The van der Waals surface area contributed by atoms with E-state index in [4.69, 9.17) is 21.1 Å². The molecule has 3 aromatic carbocycles. The molecule has 0 unspecified atom stereocenters. The van der Waals surface area contributed by atoms with Crippen molar-refractivity contribution in [3.63, 3.8) is 0 Å². The molecule has 0 radical (unpaired) electrons. The lowest BCUT2D eigenvalue weighted by molar-refractivity contribution is 0.105. The number of allylic oxidation sites excluding steroid dienone is 1. The minimum atomic E-state index is -0.0725. The van der Waals surface area contributed by atoms with Gasteiger partial charge in [0.25, 0.3) is 0 Å². The van der Waals surface area contributed by atoms with Crippen LogP contribution in [0.1, 0.15) is 20.8 Å². The highest BCUT2D eigenvalue weighted by atomic mass is 35.5. The van der Waals surface area contributed by atoms with Crippen molar-refractivity contribution in [2.75, 3.05) is 7.11 Å². The van der Waals surface area contributed by atoms with Crippen molar-refractivity contribution in [2.24, 2.45) is 0 Å². The quantitative estimate of drug-likeness (QED) is 0.231. The maximum atomic E-state index is 12.3. The number of rotatable bonds is 7. The van der Waals surface area contributed by atoms with Crippen LogP contribution in [0.15, 0.2) is 78.9 Å². The molecule has 0 bridgehead atoms. The average molecular weight is 435 g/mol. The van der Waals surface area contributed by atoms with Gasteiger partial charge in [0, 0.05) is 5.56 Å². The number of methoxy groups -OCH3 is 1. The molecule has 1 aromatic heterocycles. The summed E-state index contributed by atoms with van der Waals surface area (Å²) in [5, 5.41) is 2.30. The van der Waals surface area contributed by atoms with Crippen LogP contribution in [-0.2, 0) is 6.61 Å². The Morgan fingerprint density at radius 2 is 1.83 bits per heavy atom. The predicted octanol–water partition coefficient (Wildman–Crippen LogP) is 7.04. The third kappa shape index (κ3) is 4.73. The molecule has 0 saturated carbocycles. The summed E-state index contributed by atoms with van der Waals surface area (Å²) in [4.78, 5) is 12.9. The fourth-order valence-electron chi connectivity index (χ4n) is 3.13. The molecular weight excluding hydrogens is 416 g/mol. The largest absolute Gasteiger partial charge is 0.496 e. The maximum Gasteiger partial charge on any atom is 0.195 e. The van der Waals surface area contributed by atoms with Crippen LogP contribution in [0, 0.1) is 0 Å². The van der Waals surface area contributed by atoms with Gasteiger partial charge in [0.15, 0.2) is 5.78 Å². The predicted molar refractivity (Wildman–Crippen MR) is 124 cm³/mol. The summed E-state index contributed by atoms with van der Waals surface area (Å²) in [5.74, 6) is 1.46. The summed E-state index contributed by atoms with van der Waals surface area (Å²) < 4.78 is 12.1. The Hall–Kier alpha value is -3.08. The summed E-state index contributed by atoms with van der Waals surface area (Å²) in [7, 11) is 1.63. The Kier molecular flexibility index (Phi) is 6.17. The fraction of sp³-hybridized carbons (Fsp3) is 0.0800. The highest BCUT2D eigenvalue weighted by Crippen LogP contribution is 2.26. The molecule has 0 atom stereocenters. The smallest absolute Gasteiger partial charge is 0.195 e. The first-order valence-corrected chi connectivity index (χ1v) is 10.6. The van der Waals surface area contributed by atoms with Gasteiger partial charge in [-0.05, 0) is 58.8 Å². The van der Waals surface area contributed by atoms with E-state index >= 15 is 0 Å². The van der Waals surface area contributed by atoms with Crippen LogP contribution >= 0.6 is 22.9 Å². The number of ketones is 1. The Morgan fingerprint density at radius 3 is 2.60 bits per heavy atom. The van der Waals surface area contributed by atoms with Crippen LogP contribution in [-0.4, -0.2) is 12.9 Å². The van der Waals surface area contributed by atoms with E-state index in [0.29, 0.717) is 15.8 Å². The highest BCUT2D eigenvalue weighted by Gasteiger charge is 2.08. The van der Waals surface area contributed by atoms with Crippen LogP contribution in [0.3, 0.4) is 0 Å². The summed E-state index contributed by atoms with van der Waals surface area (Å²) in [6.07, 6.45) is 3.34. The summed E-state index contributed by atoms with van der Waals surface area (Å²) in [5.41, 5.74) is 1.79. The zero-order chi connectivity index (χ0) is 20.9. The topological polar surface area (TPSA) is 35.5 Å². The van der Waals surface area contributed by atoms with E-state index in [1.54, 1.807) is 31.4 Å². The zero-order valence-electron chi connectivity index (χ0n) is 16.3. The molecule has 1 heterocycles. The van der Waals surface area contributed by atoms with Gasteiger partial charge < -0.3 is 9.47 Å². The van der Waals surface area contributed by atoms with E-state index in [1.807, 2.05) is 48.5 Å². The number of fused-ring (bicyclic) bond motifs is 1. The van der Waals surface area contributed by atoms with E-state index < -0.39 is 0 Å². The molecule has 0 spiro atoms. The molecule has 0 aliphatic heterocycles. The van der Waals surface area contributed by atoms with Gasteiger partial charge in [0.1, 0.15) is 18.1 Å². The number of hydrogen-bond donors (Lipinski definition) is 0. The molecule has 150 valence electrons. The Labute approximate surface area is 184 Å². The first-order valence-electron chi connectivity index (χ1n) is 9.38. The van der Waals surface area contributed by atoms with Crippen LogP contribution < -0.4 is 9.47 Å². The van der Waals surface area contributed by atoms with E-state index in [-0.39, 0.29) is 5.78 Å². The number of thiophene rings is 1. The number of benzene rings is 3. The Bertz CT molecular complexity index is 1230. The number of ether oxygens (including phenoxy) is 2. The summed E-state index contributed by atoms with van der Waals surface area (Å²) in [6.45, 7) is 0.359. The first kappa shape index (κ1) is 20.2. The van der Waals surface area contributed by atoms with Crippen molar-refractivity contribution < 1.29 is 14.3 Å². The van der Waals surface area contributed by atoms with Gasteiger partial charge in [-0.1, -0.05) is 54.1 Å². The standard InChI is InChI=1S/C25H19ClO3S/c1-28-23-11-7-17(6-10-22(27)24-12-13-25(26)30-24)14-20(23)16-29-21-9-8-18-4-2-3-5-19(18)15-21/h2-15H,16H2,1H3/b10-6+. The molecule has 0 aliphatic rings. The molecule has 0 aliphatic carbocycles. The van der Waals surface area contributed by atoms with Gasteiger partial charge >= 0.3 is 0 Å². The highest BCUT2D eigenvalue weighted by molar-refractivity contribution is 7.18. The number of carbonyl (C=O) groups excluding carboxylic acids is 1. The van der Waals surface area contributed by atoms with Crippen molar-refractivity contribution in [3.05, 3.63) is 99.2 Å². The van der Waals surface area contributed by atoms with Gasteiger partial charge in [-0.2, -0.15) is 0 Å². The van der Waals surface area contributed by atoms with Crippen molar-refractivity contribution in [1.29, 1.82) is 0 Å². The molecule has 4 rings (SSSR count). The van der Waals surface area contributed by atoms with Gasteiger partial charge in [0.05, 0.1) is 16.3 Å². The lowest BCUT2D eigenvalue weighted by atomic mass is 10.1. The van der Waals surface area contributed by atoms with Gasteiger partial charge in [-0.3, -0.25) is 4.79 Å². The second-order valence-corrected chi connectivity index (χ2v) is 8.39.